The van der Waals surface area contributed by atoms with E-state index in [1.54, 1.807) is 18.2 Å². The number of nitrogens with zero attached hydrogens (tertiary/aromatic N) is 2. The quantitative estimate of drug-likeness (QED) is 0.672. The lowest BCUT2D eigenvalue weighted by Crippen LogP contribution is -2.03. The minimum Gasteiger partial charge on any atom is -0.366 e. The molecule has 1 heterocycles. The molecule has 0 radical (unpaired) electrons. The van der Waals surface area contributed by atoms with Gasteiger partial charge in [-0.25, -0.2) is 9.97 Å². The fraction of sp³-hybridized carbons (Fsp3) is 0.0588. The van der Waals surface area contributed by atoms with Gasteiger partial charge in [0, 0.05) is 12.6 Å². The number of anilines is 3. The van der Waals surface area contributed by atoms with E-state index >= 15 is 0 Å². The normalized spacial score (nSPS) is 10.3. The highest BCUT2D eigenvalue weighted by Gasteiger charge is 2.07. The van der Waals surface area contributed by atoms with Crippen molar-refractivity contribution in [2.24, 2.45) is 0 Å². The van der Waals surface area contributed by atoms with E-state index < -0.39 is 0 Å². The molecule has 0 saturated heterocycles. The van der Waals surface area contributed by atoms with Crippen molar-refractivity contribution in [3.05, 3.63) is 76.5 Å². The van der Waals surface area contributed by atoms with E-state index in [1.165, 1.54) is 11.9 Å². The molecule has 0 unspecified atom stereocenters. The van der Waals surface area contributed by atoms with Crippen molar-refractivity contribution < 1.29 is 0 Å². The largest absolute Gasteiger partial charge is 0.366 e. The molecule has 6 heteroatoms. The second kappa shape index (κ2) is 7.31. The SMILES string of the molecule is Clc1cccc(Cl)c1Nc1cc(NCc2ccccc2)ncn1. The van der Waals surface area contributed by atoms with Crippen molar-refractivity contribution in [2.75, 3.05) is 10.6 Å². The number of nitrogens with one attached hydrogen (secondary N) is 2. The lowest BCUT2D eigenvalue weighted by Gasteiger charge is -2.11. The van der Waals surface area contributed by atoms with Gasteiger partial charge >= 0.3 is 0 Å². The molecule has 0 spiro atoms. The molecule has 3 aromatic rings. The van der Waals surface area contributed by atoms with Crippen LogP contribution < -0.4 is 10.6 Å². The molecule has 0 saturated carbocycles. The third-order valence-corrected chi connectivity index (χ3v) is 3.83. The molecular formula is C17H14Cl2N4. The third kappa shape index (κ3) is 4.12. The summed E-state index contributed by atoms with van der Waals surface area (Å²) in [6.07, 6.45) is 1.49. The monoisotopic (exact) mass is 344 g/mol. The Balaban J connectivity index is 1.72. The summed E-state index contributed by atoms with van der Waals surface area (Å²) in [5.41, 5.74) is 1.80. The fourth-order valence-corrected chi connectivity index (χ4v) is 2.55. The Bertz CT molecular complexity index is 773. The predicted octanol–water partition coefficient (Wildman–Crippen LogP) is 5.14. The summed E-state index contributed by atoms with van der Waals surface area (Å²) >= 11 is 12.3. The first-order valence-electron chi connectivity index (χ1n) is 7.03. The number of aromatic nitrogens is 2. The van der Waals surface area contributed by atoms with Crippen molar-refractivity contribution in [1.82, 2.24) is 9.97 Å². The molecule has 0 amide bonds. The number of para-hydroxylation sites is 1. The van der Waals surface area contributed by atoms with E-state index in [1.807, 2.05) is 24.3 Å². The molecule has 0 fully saturated rings. The van der Waals surface area contributed by atoms with Gasteiger partial charge in [-0.3, -0.25) is 0 Å². The first-order valence-corrected chi connectivity index (χ1v) is 7.79. The average molecular weight is 345 g/mol. The minimum atomic E-state index is 0.537. The van der Waals surface area contributed by atoms with Gasteiger partial charge < -0.3 is 10.6 Å². The molecule has 2 aromatic carbocycles. The topological polar surface area (TPSA) is 49.8 Å². The lowest BCUT2D eigenvalue weighted by atomic mass is 10.2. The van der Waals surface area contributed by atoms with Gasteiger partial charge in [-0.15, -0.1) is 0 Å². The standard InChI is InChI=1S/C17H14Cl2N4/c18-13-7-4-8-14(19)17(13)23-16-9-15(21-11-22-16)20-10-12-5-2-1-3-6-12/h1-9,11H,10H2,(H2,20,21,22,23). The zero-order chi connectivity index (χ0) is 16.1. The van der Waals surface area contributed by atoms with E-state index in [9.17, 15) is 0 Å². The van der Waals surface area contributed by atoms with Crippen LogP contribution in [0.15, 0.2) is 60.9 Å². The molecule has 23 heavy (non-hydrogen) atoms. The maximum Gasteiger partial charge on any atom is 0.135 e. The first kappa shape index (κ1) is 15.6. The Hall–Kier alpha value is -2.30. The molecule has 0 aliphatic carbocycles. The van der Waals surface area contributed by atoms with Crippen LogP contribution in [0.5, 0.6) is 0 Å². The summed E-state index contributed by atoms with van der Waals surface area (Å²) in [6, 6.07) is 17.2. The highest BCUT2D eigenvalue weighted by molar-refractivity contribution is 6.39. The molecule has 0 aliphatic heterocycles. The second-order valence-electron chi connectivity index (χ2n) is 4.85. The number of rotatable bonds is 5. The van der Waals surface area contributed by atoms with Gasteiger partial charge in [-0.2, -0.15) is 0 Å². The zero-order valence-electron chi connectivity index (χ0n) is 12.1. The summed E-state index contributed by atoms with van der Waals surface area (Å²) in [5.74, 6) is 1.33. The molecule has 4 nitrogen and oxygen atoms in total. The molecule has 116 valence electrons. The summed E-state index contributed by atoms with van der Waals surface area (Å²) < 4.78 is 0. The van der Waals surface area contributed by atoms with Gasteiger partial charge in [0.05, 0.1) is 15.7 Å². The second-order valence-corrected chi connectivity index (χ2v) is 5.66. The van der Waals surface area contributed by atoms with Crippen LogP contribution in [0.1, 0.15) is 5.56 Å². The molecule has 0 aliphatic rings. The number of benzene rings is 2. The first-order chi connectivity index (χ1) is 11.2. The van der Waals surface area contributed by atoms with E-state index in [0.29, 0.717) is 28.1 Å². The van der Waals surface area contributed by atoms with E-state index in [0.717, 1.165) is 5.82 Å². The van der Waals surface area contributed by atoms with Crippen molar-refractivity contribution >= 4 is 40.5 Å². The summed E-state index contributed by atoms with van der Waals surface area (Å²) in [4.78, 5) is 8.41. The molecule has 2 N–H and O–H groups in total. The molecular weight excluding hydrogens is 331 g/mol. The van der Waals surface area contributed by atoms with Gasteiger partial charge in [0.1, 0.15) is 18.0 Å². The Morgan fingerprint density at radius 1 is 0.826 bits per heavy atom. The summed E-state index contributed by atoms with van der Waals surface area (Å²) in [6.45, 7) is 0.685. The fourth-order valence-electron chi connectivity index (χ4n) is 2.06. The van der Waals surface area contributed by atoms with Crippen LogP contribution in [0.25, 0.3) is 0 Å². The van der Waals surface area contributed by atoms with Crippen LogP contribution in [0.3, 0.4) is 0 Å². The van der Waals surface area contributed by atoms with Gasteiger partial charge in [0.2, 0.25) is 0 Å². The number of halogens is 2. The maximum atomic E-state index is 6.15. The molecule has 0 bridgehead atoms. The smallest absolute Gasteiger partial charge is 0.135 e. The van der Waals surface area contributed by atoms with E-state index in [-0.39, 0.29) is 0 Å². The summed E-state index contributed by atoms with van der Waals surface area (Å²) in [7, 11) is 0. The number of hydrogen-bond donors (Lipinski definition) is 2. The Morgan fingerprint density at radius 3 is 2.26 bits per heavy atom. The summed E-state index contributed by atoms with van der Waals surface area (Å²) in [5, 5.41) is 7.46. The highest BCUT2D eigenvalue weighted by atomic mass is 35.5. The zero-order valence-corrected chi connectivity index (χ0v) is 13.6. The predicted molar refractivity (Wildman–Crippen MR) is 95.5 cm³/mol. The van der Waals surface area contributed by atoms with Crippen LogP contribution in [-0.4, -0.2) is 9.97 Å². The Labute approximate surface area is 144 Å². The highest BCUT2D eigenvalue weighted by Crippen LogP contribution is 2.32. The van der Waals surface area contributed by atoms with Gasteiger partial charge in [-0.05, 0) is 17.7 Å². The van der Waals surface area contributed by atoms with Crippen molar-refractivity contribution in [2.45, 2.75) is 6.54 Å². The van der Waals surface area contributed by atoms with Crippen molar-refractivity contribution in [3.63, 3.8) is 0 Å². The van der Waals surface area contributed by atoms with Crippen molar-refractivity contribution in [3.8, 4) is 0 Å². The lowest BCUT2D eigenvalue weighted by molar-refractivity contribution is 1.08. The molecule has 0 atom stereocenters. The van der Waals surface area contributed by atoms with Gasteiger partial charge in [-0.1, -0.05) is 59.6 Å². The Kier molecular flexibility index (Phi) is 4.95. The van der Waals surface area contributed by atoms with Gasteiger partial charge in [0.25, 0.3) is 0 Å². The maximum absolute atomic E-state index is 6.15. The number of hydrogen-bond acceptors (Lipinski definition) is 4. The average Bonchev–Trinajstić information content (AvgIpc) is 2.58. The van der Waals surface area contributed by atoms with Crippen LogP contribution in [0.4, 0.5) is 17.3 Å². The van der Waals surface area contributed by atoms with Crippen LogP contribution >= 0.6 is 23.2 Å². The van der Waals surface area contributed by atoms with Crippen molar-refractivity contribution in [1.29, 1.82) is 0 Å². The van der Waals surface area contributed by atoms with E-state index in [2.05, 4.69) is 32.7 Å². The molecule has 3 rings (SSSR count). The molecule has 1 aromatic heterocycles. The minimum absolute atomic E-state index is 0.537. The van der Waals surface area contributed by atoms with E-state index in [4.69, 9.17) is 23.2 Å². The van der Waals surface area contributed by atoms with Crippen LogP contribution in [0.2, 0.25) is 10.0 Å². The van der Waals surface area contributed by atoms with Gasteiger partial charge in [0.15, 0.2) is 0 Å². The Morgan fingerprint density at radius 2 is 1.52 bits per heavy atom. The van der Waals surface area contributed by atoms with Crippen LogP contribution in [-0.2, 0) is 6.54 Å². The van der Waals surface area contributed by atoms with Crippen LogP contribution in [0, 0.1) is 0 Å². The third-order valence-electron chi connectivity index (χ3n) is 3.20.